The third-order valence-corrected chi connectivity index (χ3v) is 2.08. The molecule has 0 aromatic heterocycles. The van der Waals surface area contributed by atoms with Gasteiger partial charge in [-0.2, -0.15) is 0 Å². The number of carbonyl (C=O) groups is 2. The minimum absolute atomic E-state index is 0.261. The van der Waals surface area contributed by atoms with Crippen LogP contribution < -0.4 is 14.8 Å². The van der Waals surface area contributed by atoms with Gasteiger partial charge < -0.3 is 14.8 Å². The van der Waals surface area contributed by atoms with Crippen molar-refractivity contribution >= 4 is 11.7 Å². The summed E-state index contributed by atoms with van der Waals surface area (Å²) >= 11 is 0. The van der Waals surface area contributed by atoms with E-state index < -0.39 is 11.7 Å². The molecule has 5 heteroatoms. The fraction of sp³-hybridized carbons (Fsp3) is 0.273. The van der Waals surface area contributed by atoms with Gasteiger partial charge in [-0.05, 0) is 18.2 Å². The molecule has 1 rings (SSSR count). The molecule has 0 heterocycles. The molecule has 0 atom stereocenters. The second kappa shape index (κ2) is 5.16. The highest BCUT2D eigenvalue weighted by atomic mass is 16.5. The van der Waals surface area contributed by atoms with E-state index in [-0.39, 0.29) is 5.56 Å². The molecular formula is C11H13NO4. The van der Waals surface area contributed by atoms with E-state index in [2.05, 4.69) is 5.32 Å². The average molecular weight is 223 g/mol. The first-order valence-electron chi connectivity index (χ1n) is 4.62. The molecule has 0 aliphatic carbocycles. The molecule has 0 spiro atoms. The topological polar surface area (TPSA) is 64.6 Å². The monoisotopic (exact) mass is 223 g/mol. The number of nitrogens with one attached hydrogen (secondary N) is 1. The molecule has 1 N–H and O–H groups in total. The molecule has 0 unspecified atom stereocenters. The molecule has 1 aromatic rings. The minimum atomic E-state index is -0.660. The second-order valence-corrected chi connectivity index (χ2v) is 2.98. The van der Waals surface area contributed by atoms with E-state index in [9.17, 15) is 9.59 Å². The van der Waals surface area contributed by atoms with Crippen molar-refractivity contribution in [2.45, 2.75) is 0 Å². The maximum atomic E-state index is 11.5. The van der Waals surface area contributed by atoms with Gasteiger partial charge in [0, 0.05) is 12.6 Å². The number of Topliss-reactive ketones (excluding diaryl/α,β-unsaturated/α-hetero) is 1. The summed E-state index contributed by atoms with van der Waals surface area (Å²) in [5.41, 5.74) is 0.261. The smallest absolute Gasteiger partial charge is 0.292 e. The third kappa shape index (κ3) is 2.31. The van der Waals surface area contributed by atoms with Gasteiger partial charge >= 0.3 is 0 Å². The first-order chi connectivity index (χ1) is 7.63. The Morgan fingerprint density at radius 1 is 1.12 bits per heavy atom. The van der Waals surface area contributed by atoms with Crippen molar-refractivity contribution in [2.24, 2.45) is 0 Å². The lowest BCUT2D eigenvalue weighted by atomic mass is 10.1. The Morgan fingerprint density at radius 3 is 2.25 bits per heavy atom. The summed E-state index contributed by atoms with van der Waals surface area (Å²) in [4.78, 5) is 22.7. The first-order valence-corrected chi connectivity index (χ1v) is 4.62. The molecule has 86 valence electrons. The van der Waals surface area contributed by atoms with Gasteiger partial charge in [0.1, 0.15) is 0 Å². The third-order valence-electron chi connectivity index (χ3n) is 2.08. The fourth-order valence-corrected chi connectivity index (χ4v) is 1.22. The van der Waals surface area contributed by atoms with E-state index in [0.29, 0.717) is 11.5 Å². The molecule has 0 aliphatic rings. The van der Waals surface area contributed by atoms with Crippen molar-refractivity contribution in [1.82, 2.24) is 5.32 Å². The zero-order valence-corrected chi connectivity index (χ0v) is 9.37. The largest absolute Gasteiger partial charge is 0.493 e. The molecule has 0 aliphatic heterocycles. The Kier molecular flexibility index (Phi) is 3.88. The van der Waals surface area contributed by atoms with Crippen molar-refractivity contribution in [2.75, 3.05) is 21.3 Å². The molecule has 0 bridgehead atoms. The van der Waals surface area contributed by atoms with E-state index in [1.54, 1.807) is 6.07 Å². The van der Waals surface area contributed by atoms with Crippen LogP contribution in [0.5, 0.6) is 11.5 Å². The molecule has 0 saturated carbocycles. The molecule has 0 saturated heterocycles. The number of amides is 1. The highest BCUT2D eigenvalue weighted by Gasteiger charge is 2.16. The molecular weight excluding hydrogens is 210 g/mol. The predicted molar refractivity (Wildman–Crippen MR) is 57.9 cm³/mol. The summed E-state index contributed by atoms with van der Waals surface area (Å²) < 4.78 is 10.1. The van der Waals surface area contributed by atoms with Crippen molar-refractivity contribution < 1.29 is 19.1 Å². The number of hydrogen-bond acceptors (Lipinski definition) is 4. The van der Waals surface area contributed by atoms with E-state index >= 15 is 0 Å². The van der Waals surface area contributed by atoms with Gasteiger partial charge in [-0.25, -0.2) is 0 Å². The zero-order chi connectivity index (χ0) is 12.1. The zero-order valence-electron chi connectivity index (χ0n) is 9.37. The minimum Gasteiger partial charge on any atom is -0.493 e. The Bertz CT molecular complexity index is 414. The van der Waals surface area contributed by atoms with Crippen LogP contribution in [-0.4, -0.2) is 33.0 Å². The van der Waals surface area contributed by atoms with Crippen LogP contribution in [0.15, 0.2) is 18.2 Å². The Hall–Kier alpha value is -2.04. The number of rotatable bonds is 4. The van der Waals surface area contributed by atoms with Gasteiger partial charge in [-0.1, -0.05) is 0 Å². The van der Waals surface area contributed by atoms with E-state index in [1.165, 1.54) is 33.4 Å². The van der Waals surface area contributed by atoms with Gasteiger partial charge in [-0.3, -0.25) is 9.59 Å². The van der Waals surface area contributed by atoms with Crippen molar-refractivity contribution in [3.8, 4) is 11.5 Å². The summed E-state index contributed by atoms with van der Waals surface area (Å²) in [6, 6.07) is 4.56. The Balaban J connectivity index is 3.08. The standard InChI is InChI=1S/C11H13NO4/c1-12-11(14)10(13)7-4-5-8(15-2)9(6-7)16-3/h4-6H,1-3H3,(H,12,14). The van der Waals surface area contributed by atoms with Crippen LogP contribution >= 0.6 is 0 Å². The van der Waals surface area contributed by atoms with E-state index in [0.717, 1.165) is 0 Å². The van der Waals surface area contributed by atoms with Gasteiger partial charge in [0.15, 0.2) is 11.5 Å². The van der Waals surface area contributed by atoms with Crippen LogP contribution in [0.4, 0.5) is 0 Å². The number of benzene rings is 1. The normalized spacial score (nSPS) is 9.44. The lowest BCUT2D eigenvalue weighted by Gasteiger charge is -2.08. The number of ether oxygens (including phenoxy) is 2. The number of ketones is 1. The van der Waals surface area contributed by atoms with E-state index in [4.69, 9.17) is 9.47 Å². The van der Waals surface area contributed by atoms with Crippen molar-refractivity contribution in [1.29, 1.82) is 0 Å². The summed E-state index contributed by atoms with van der Waals surface area (Å²) in [7, 11) is 4.37. The summed E-state index contributed by atoms with van der Waals surface area (Å²) in [6.07, 6.45) is 0. The van der Waals surface area contributed by atoms with Crippen LogP contribution in [0.25, 0.3) is 0 Å². The van der Waals surface area contributed by atoms with Crippen LogP contribution in [-0.2, 0) is 4.79 Å². The van der Waals surface area contributed by atoms with Crippen LogP contribution in [0.2, 0.25) is 0 Å². The number of hydrogen-bond donors (Lipinski definition) is 1. The Labute approximate surface area is 93.4 Å². The fourth-order valence-electron chi connectivity index (χ4n) is 1.22. The van der Waals surface area contributed by atoms with Gasteiger partial charge in [0.25, 0.3) is 5.91 Å². The summed E-state index contributed by atoms with van der Waals surface area (Å²) in [5.74, 6) is -0.344. The highest BCUT2D eigenvalue weighted by Crippen LogP contribution is 2.27. The van der Waals surface area contributed by atoms with Gasteiger partial charge in [-0.15, -0.1) is 0 Å². The van der Waals surface area contributed by atoms with Crippen molar-refractivity contribution in [3.05, 3.63) is 23.8 Å². The Morgan fingerprint density at radius 2 is 1.75 bits per heavy atom. The molecule has 0 fully saturated rings. The maximum absolute atomic E-state index is 11.5. The molecule has 1 amide bonds. The van der Waals surface area contributed by atoms with E-state index in [1.807, 2.05) is 0 Å². The SMILES string of the molecule is CNC(=O)C(=O)c1ccc(OC)c(OC)c1. The number of methoxy groups -OCH3 is 2. The number of carbonyl (C=O) groups excluding carboxylic acids is 2. The van der Waals surface area contributed by atoms with Gasteiger partial charge in [0.2, 0.25) is 5.78 Å². The molecule has 5 nitrogen and oxygen atoms in total. The first kappa shape index (κ1) is 12.0. The summed E-state index contributed by atoms with van der Waals surface area (Å²) in [6.45, 7) is 0. The lowest BCUT2D eigenvalue weighted by molar-refractivity contribution is -0.116. The van der Waals surface area contributed by atoms with Crippen LogP contribution in [0, 0.1) is 0 Å². The van der Waals surface area contributed by atoms with Crippen LogP contribution in [0.1, 0.15) is 10.4 Å². The highest BCUT2D eigenvalue weighted by molar-refractivity contribution is 6.42. The average Bonchev–Trinajstić information content (AvgIpc) is 2.35. The molecule has 0 radical (unpaired) electrons. The maximum Gasteiger partial charge on any atom is 0.292 e. The summed E-state index contributed by atoms with van der Waals surface area (Å²) in [5, 5.41) is 2.27. The molecule has 16 heavy (non-hydrogen) atoms. The quantitative estimate of drug-likeness (QED) is 0.600. The second-order valence-electron chi connectivity index (χ2n) is 2.98. The van der Waals surface area contributed by atoms with Gasteiger partial charge in [0.05, 0.1) is 14.2 Å². The molecule has 1 aromatic carbocycles. The lowest BCUT2D eigenvalue weighted by Crippen LogP contribution is -2.27. The predicted octanol–water partition coefficient (Wildman–Crippen LogP) is 0.632. The van der Waals surface area contributed by atoms with Crippen molar-refractivity contribution in [3.63, 3.8) is 0 Å². The number of likely N-dealkylation sites (N-methyl/N-ethyl adjacent to an activating group) is 1. The van der Waals surface area contributed by atoms with Crippen LogP contribution in [0.3, 0.4) is 0 Å².